The van der Waals surface area contributed by atoms with E-state index in [2.05, 4.69) is 43.5 Å². The smallest absolute Gasteiger partial charge is 0.133 e. The minimum atomic E-state index is 0.603. The lowest BCUT2D eigenvalue weighted by Gasteiger charge is -2.14. The maximum Gasteiger partial charge on any atom is 0.133 e. The zero-order valence-corrected chi connectivity index (χ0v) is 10.9. The molecule has 0 N–H and O–H groups in total. The van der Waals surface area contributed by atoms with Crippen LogP contribution in [0.25, 0.3) is 0 Å². The van der Waals surface area contributed by atoms with Gasteiger partial charge in [0.05, 0.1) is 0 Å². The monoisotopic (exact) mass is 233 g/mol. The van der Waals surface area contributed by atoms with Gasteiger partial charge in [-0.2, -0.15) is 5.26 Å². The Morgan fingerprint density at radius 2 is 1.94 bits per heavy atom. The lowest BCUT2D eigenvalue weighted by molar-refractivity contribution is 0.647. The van der Waals surface area contributed by atoms with Crippen molar-refractivity contribution in [3.05, 3.63) is 35.4 Å². The van der Waals surface area contributed by atoms with E-state index in [1.54, 1.807) is 0 Å². The van der Waals surface area contributed by atoms with Crippen LogP contribution in [0.1, 0.15) is 43.7 Å². The van der Waals surface area contributed by atoms with E-state index in [1.807, 2.05) is 0 Å². The third kappa shape index (κ3) is 3.90. The highest BCUT2D eigenvalue weighted by atomic mass is 32.2. The predicted octanol–water partition coefficient (Wildman–Crippen LogP) is 4.35. The van der Waals surface area contributed by atoms with Crippen LogP contribution in [-0.2, 0) is 6.42 Å². The van der Waals surface area contributed by atoms with Gasteiger partial charge in [-0.05, 0) is 48.1 Å². The van der Waals surface area contributed by atoms with Crippen LogP contribution in [0.5, 0.6) is 0 Å². The molecule has 0 bridgehead atoms. The van der Waals surface area contributed by atoms with Crippen LogP contribution in [-0.4, -0.2) is 5.75 Å². The summed E-state index contributed by atoms with van der Waals surface area (Å²) < 4.78 is 0. The Morgan fingerprint density at radius 1 is 1.25 bits per heavy atom. The van der Waals surface area contributed by atoms with Crippen LogP contribution in [0.2, 0.25) is 0 Å². The maximum absolute atomic E-state index is 8.50. The minimum Gasteiger partial charge on any atom is -0.185 e. The summed E-state index contributed by atoms with van der Waals surface area (Å²) >= 11 is 1.36. The van der Waals surface area contributed by atoms with E-state index in [4.69, 9.17) is 5.26 Å². The number of thiocyanates is 1. The summed E-state index contributed by atoms with van der Waals surface area (Å²) in [7, 11) is 0. The van der Waals surface area contributed by atoms with Gasteiger partial charge in [-0.25, -0.2) is 0 Å². The Labute approximate surface area is 103 Å². The van der Waals surface area contributed by atoms with Crippen LogP contribution in [0, 0.1) is 10.7 Å². The Morgan fingerprint density at radius 3 is 2.44 bits per heavy atom. The summed E-state index contributed by atoms with van der Waals surface area (Å²) in [5.41, 5.74) is 2.81. The average molecular weight is 233 g/mol. The molecule has 0 saturated carbocycles. The van der Waals surface area contributed by atoms with Crippen molar-refractivity contribution in [1.82, 2.24) is 0 Å². The first kappa shape index (κ1) is 13.1. The number of thioether (sulfide) groups is 1. The molecule has 0 aliphatic heterocycles. The van der Waals surface area contributed by atoms with Gasteiger partial charge in [0.25, 0.3) is 0 Å². The van der Waals surface area contributed by atoms with E-state index in [-0.39, 0.29) is 0 Å². The first-order valence-corrected chi connectivity index (χ1v) is 6.90. The maximum atomic E-state index is 8.50. The van der Waals surface area contributed by atoms with Crippen LogP contribution < -0.4 is 0 Å². The van der Waals surface area contributed by atoms with E-state index in [0.29, 0.717) is 5.92 Å². The second-order valence-electron chi connectivity index (χ2n) is 3.93. The molecule has 0 saturated heterocycles. The quantitative estimate of drug-likeness (QED) is 0.539. The van der Waals surface area contributed by atoms with Crippen molar-refractivity contribution in [2.75, 3.05) is 5.75 Å². The minimum absolute atomic E-state index is 0.603. The molecule has 1 aromatic carbocycles. The number of rotatable bonds is 6. The Kier molecular flexibility index (Phi) is 6.03. The molecule has 0 fully saturated rings. The SMILES string of the molecule is CCc1ccc(C(CC)CCSC#N)cc1. The van der Waals surface area contributed by atoms with E-state index in [1.165, 1.54) is 22.9 Å². The molecule has 0 aliphatic carbocycles. The molecule has 1 rings (SSSR count). The highest BCUT2D eigenvalue weighted by Crippen LogP contribution is 2.25. The van der Waals surface area contributed by atoms with Crippen molar-refractivity contribution in [3.63, 3.8) is 0 Å². The summed E-state index contributed by atoms with van der Waals surface area (Å²) in [5, 5.41) is 10.6. The average Bonchev–Trinajstić information content (AvgIpc) is 2.35. The Hall–Kier alpha value is -0.940. The molecule has 1 atom stereocenters. The molecular weight excluding hydrogens is 214 g/mol. The van der Waals surface area contributed by atoms with Crippen molar-refractivity contribution in [3.8, 4) is 5.40 Å². The van der Waals surface area contributed by atoms with Crippen molar-refractivity contribution in [1.29, 1.82) is 5.26 Å². The van der Waals surface area contributed by atoms with Gasteiger partial charge in [0.1, 0.15) is 5.40 Å². The lowest BCUT2D eigenvalue weighted by Crippen LogP contribution is -1.99. The molecule has 0 aliphatic rings. The Balaban J connectivity index is 2.60. The molecule has 1 aromatic rings. The molecule has 0 amide bonds. The molecule has 0 heterocycles. The number of aryl methyl sites for hydroxylation is 1. The summed E-state index contributed by atoms with van der Waals surface area (Å²) in [5.74, 6) is 1.54. The summed E-state index contributed by atoms with van der Waals surface area (Å²) in [6.45, 7) is 4.39. The number of benzene rings is 1. The van der Waals surface area contributed by atoms with E-state index >= 15 is 0 Å². The van der Waals surface area contributed by atoms with Crippen molar-refractivity contribution < 1.29 is 0 Å². The topological polar surface area (TPSA) is 23.8 Å². The third-order valence-corrected chi connectivity index (χ3v) is 3.55. The summed E-state index contributed by atoms with van der Waals surface area (Å²) in [6.07, 6.45) is 3.35. The molecule has 16 heavy (non-hydrogen) atoms. The summed E-state index contributed by atoms with van der Waals surface area (Å²) in [6, 6.07) is 8.92. The van der Waals surface area contributed by atoms with E-state index in [9.17, 15) is 0 Å². The number of nitriles is 1. The lowest BCUT2D eigenvalue weighted by atomic mass is 9.93. The standard InChI is InChI=1S/C14H19NS/c1-3-12-5-7-14(8-6-12)13(4-2)9-10-16-11-15/h5-8,13H,3-4,9-10H2,1-2H3. The predicted molar refractivity (Wildman–Crippen MR) is 71.5 cm³/mol. The fourth-order valence-electron chi connectivity index (χ4n) is 1.88. The second kappa shape index (κ2) is 7.35. The van der Waals surface area contributed by atoms with Gasteiger partial charge in [0, 0.05) is 5.75 Å². The van der Waals surface area contributed by atoms with Crippen LogP contribution >= 0.6 is 11.8 Å². The van der Waals surface area contributed by atoms with Gasteiger partial charge in [0.2, 0.25) is 0 Å². The summed E-state index contributed by atoms with van der Waals surface area (Å²) in [4.78, 5) is 0. The van der Waals surface area contributed by atoms with Gasteiger partial charge in [-0.15, -0.1) is 0 Å². The van der Waals surface area contributed by atoms with Gasteiger partial charge < -0.3 is 0 Å². The van der Waals surface area contributed by atoms with Gasteiger partial charge in [0.15, 0.2) is 0 Å². The van der Waals surface area contributed by atoms with E-state index < -0.39 is 0 Å². The van der Waals surface area contributed by atoms with Crippen LogP contribution in [0.15, 0.2) is 24.3 Å². The number of nitrogens with zero attached hydrogens (tertiary/aromatic N) is 1. The zero-order valence-electron chi connectivity index (χ0n) is 10.1. The van der Waals surface area contributed by atoms with E-state index in [0.717, 1.165) is 25.0 Å². The van der Waals surface area contributed by atoms with Crippen molar-refractivity contribution in [2.45, 2.75) is 39.0 Å². The largest absolute Gasteiger partial charge is 0.185 e. The second-order valence-corrected chi connectivity index (χ2v) is 4.81. The molecule has 86 valence electrons. The molecular formula is C14H19NS. The van der Waals surface area contributed by atoms with Crippen LogP contribution in [0.4, 0.5) is 0 Å². The molecule has 0 spiro atoms. The molecule has 1 nitrogen and oxygen atoms in total. The fourth-order valence-corrected chi connectivity index (χ4v) is 2.37. The third-order valence-electron chi connectivity index (χ3n) is 2.99. The highest BCUT2D eigenvalue weighted by Gasteiger charge is 2.08. The van der Waals surface area contributed by atoms with Crippen molar-refractivity contribution in [2.24, 2.45) is 0 Å². The normalized spacial score (nSPS) is 12.1. The zero-order chi connectivity index (χ0) is 11.8. The number of hydrogen-bond acceptors (Lipinski definition) is 2. The molecule has 2 heteroatoms. The van der Waals surface area contributed by atoms with Gasteiger partial charge in [-0.3, -0.25) is 0 Å². The van der Waals surface area contributed by atoms with Crippen molar-refractivity contribution >= 4 is 11.8 Å². The highest BCUT2D eigenvalue weighted by molar-refractivity contribution is 8.03. The molecule has 1 unspecified atom stereocenters. The first-order valence-electron chi connectivity index (χ1n) is 5.91. The van der Waals surface area contributed by atoms with Gasteiger partial charge >= 0.3 is 0 Å². The van der Waals surface area contributed by atoms with Crippen LogP contribution in [0.3, 0.4) is 0 Å². The fraction of sp³-hybridized carbons (Fsp3) is 0.500. The van der Waals surface area contributed by atoms with Gasteiger partial charge in [-0.1, -0.05) is 38.1 Å². The molecule has 0 radical (unpaired) electrons. The molecule has 0 aromatic heterocycles. The number of hydrogen-bond donors (Lipinski definition) is 0. The Bertz CT molecular complexity index is 337. The first-order chi connectivity index (χ1) is 7.81.